The fourth-order valence-electron chi connectivity index (χ4n) is 4.54. The zero-order valence-electron chi connectivity index (χ0n) is 20.8. The molecule has 2 amide bonds. The lowest BCUT2D eigenvalue weighted by molar-refractivity contribution is -0.143. The number of hydrogen-bond acceptors (Lipinski definition) is 4. The third kappa shape index (κ3) is 7.17. The molecule has 0 radical (unpaired) electrons. The molecule has 0 atom stereocenters. The highest BCUT2D eigenvalue weighted by molar-refractivity contribution is 5.90. The fraction of sp³-hybridized carbons (Fsp3) is 0.462. The Kier molecular flexibility index (Phi) is 8.63. The second kappa shape index (κ2) is 11.2. The SMILES string of the molecule is CN(C)CCN(C(=O)Nc1cc(C(F)(F)F)cc(C(F)(F)F)c1)[C@H]1CC[C@](O)(c2cccc(C#N)c2)CC1. The molecule has 0 unspecified atom stereocenters. The summed E-state index contributed by atoms with van der Waals surface area (Å²) < 4.78 is 79.5. The number of carbonyl (C=O) groups is 1. The smallest absolute Gasteiger partial charge is 0.385 e. The Labute approximate surface area is 216 Å². The largest absolute Gasteiger partial charge is 0.416 e. The van der Waals surface area contributed by atoms with E-state index < -0.39 is 46.8 Å². The van der Waals surface area contributed by atoms with Crippen molar-refractivity contribution in [2.45, 2.75) is 49.7 Å². The molecule has 1 fully saturated rings. The van der Waals surface area contributed by atoms with Gasteiger partial charge in [-0.05, 0) is 75.7 Å². The van der Waals surface area contributed by atoms with Crippen molar-refractivity contribution < 1.29 is 36.2 Å². The van der Waals surface area contributed by atoms with Crippen LogP contribution in [0, 0.1) is 11.3 Å². The summed E-state index contributed by atoms with van der Waals surface area (Å²) in [6, 6.07) is 8.32. The van der Waals surface area contributed by atoms with E-state index in [-0.39, 0.29) is 25.5 Å². The van der Waals surface area contributed by atoms with Crippen molar-refractivity contribution in [2.75, 3.05) is 32.5 Å². The van der Waals surface area contributed by atoms with Crippen LogP contribution in [0.2, 0.25) is 0 Å². The highest BCUT2D eigenvalue weighted by Gasteiger charge is 2.39. The van der Waals surface area contributed by atoms with Crippen LogP contribution in [-0.4, -0.2) is 54.2 Å². The van der Waals surface area contributed by atoms with Gasteiger partial charge in [-0.1, -0.05) is 12.1 Å². The minimum absolute atomic E-state index is 0.00272. The average molecular weight is 543 g/mol. The first-order valence-electron chi connectivity index (χ1n) is 11.9. The second-order valence-corrected chi connectivity index (χ2v) is 9.68. The number of nitrogens with one attached hydrogen (secondary N) is 1. The van der Waals surface area contributed by atoms with Crippen molar-refractivity contribution in [3.05, 3.63) is 64.7 Å². The quantitative estimate of drug-likeness (QED) is 0.451. The van der Waals surface area contributed by atoms with E-state index in [0.29, 0.717) is 42.6 Å². The molecule has 6 nitrogen and oxygen atoms in total. The van der Waals surface area contributed by atoms with E-state index in [9.17, 15) is 36.2 Å². The van der Waals surface area contributed by atoms with E-state index in [0.717, 1.165) is 0 Å². The Morgan fingerprint density at radius 3 is 2.11 bits per heavy atom. The van der Waals surface area contributed by atoms with E-state index >= 15 is 0 Å². The Bertz CT molecular complexity index is 1150. The van der Waals surface area contributed by atoms with Crippen molar-refractivity contribution in [3.8, 4) is 6.07 Å². The molecule has 2 aromatic carbocycles. The molecule has 0 saturated heterocycles. The van der Waals surface area contributed by atoms with Crippen LogP contribution in [0.5, 0.6) is 0 Å². The van der Waals surface area contributed by atoms with E-state index in [2.05, 4.69) is 5.32 Å². The summed E-state index contributed by atoms with van der Waals surface area (Å²) >= 11 is 0. The van der Waals surface area contributed by atoms with Crippen LogP contribution in [-0.2, 0) is 18.0 Å². The van der Waals surface area contributed by atoms with E-state index in [1.165, 1.54) is 4.90 Å². The summed E-state index contributed by atoms with van der Waals surface area (Å²) in [6.07, 6.45) is -8.90. The lowest BCUT2D eigenvalue weighted by Gasteiger charge is -2.41. The van der Waals surface area contributed by atoms with Crippen molar-refractivity contribution in [1.29, 1.82) is 5.26 Å². The van der Waals surface area contributed by atoms with Gasteiger partial charge in [-0.2, -0.15) is 31.6 Å². The van der Waals surface area contributed by atoms with Crippen molar-refractivity contribution in [2.24, 2.45) is 0 Å². The van der Waals surface area contributed by atoms with Crippen molar-refractivity contribution >= 4 is 11.7 Å². The van der Waals surface area contributed by atoms with Crippen LogP contribution in [0.3, 0.4) is 0 Å². The molecule has 0 bridgehead atoms. The number of hydrogen-bond donors (Lipinski definition) is 2. The molecule has 0 aromatic heterocycles. The van der Waals surface area contributed by atoms with Gasteiger partial charge in [0.2, 0.25) is 0 Å². The lowest BCUT2D eigenvalue weighted by Crippen LogP contribution is -2.49. The third-order valence-electron chi connectivity index (χ3n) is 6.64. The Balaban J connectivity index is 1.83. The van der Waals surface area contributed by atoms with Gasteiger partial charge in [0.15, 0.2) is 0 Å². The minimum atomic E-state index is -5.04. The monoisotopic (exact) mass is 542 g/mol. The van der Waals surface area contributed by atoms with Crippen LogP contribution in [0.1, 0.15) is 47.9 Å². The first-order chi connectivity index (χ1) is 17.6. The first-order valence-corrected chi connectivity index (χ1v) is 11.9. The molecule has 1 aliphatic rings. The summed E-state index contributed by atoms with van der Waals surface area (Å²) in [6.45, 7) is 0.561. The Morgan fingerprint density at radius 1 is 1.03 bits per heavy atom. The van der Waals surface area contributed by atoms with Crippen molar-refractivity contribution in [1.82, 2.24) is 9.80 Å². The molecule has 206 valence electrons. The minimum Gasteiger partial charge on any atom is -0.385 e. The molecule has 2 N–H and O–H groups in total. The molecular formula is C26H28F6N4O2. The summed E-state index contributed by atoms with van der Waals surface area (Å²) in [5.41, 5.74) is -3.93. The van der Waals surface area contributed by atoms with E-state index in [1.807, 2.05) is 6.07 Å². The maximum atomic E-state index is 13.3. The number of halogens is 6. The van der Waals surface area contributed by atoms with Crippen LogP contribution in [0.15, 0.2) is 42.5 Å². The first kappa shape index (κ1) is 29.3. The van der Waals surface area contributed by atoms with Gasteiger partial charge in [0.25, 0.3) is 0 Å². The number of urea groups is 1. The number of amides is 2. The number of alkyl halides is 6. The molecular weight excluding hydrogens is 514 g/mol. The standard InChI is InChI=1S/C26H28F6N4O2/c1-35(2)10-11-36(22-6-8-24(38,9-7-22)18-5-3-4-17(12-18)16-33)23(37)34-21-14-19(25(27,28)29)13-20(15-21)26(30,31)32/h3-5,12-15,22,38H,6-11H2,1-2H3,(H,34,37)/t22-,24+. The number of nitrogens with zero attached hydrogens (tertiary/aromatic N) is 3. The van der Waals surface area contributed by atoms with Gasteiger partial charge < -0.3 is 20.2 Å². The molecule has 0 aliphatic heterocycles. The van der Waals surface area contributed by atoms with E-state index in [4.69, 9.17) is 5.26 Å². The molecule has 12 heteroatoms. The third-order valence-corrected chi connectivity index (χ3v) is 6.64. The lowest BCUT2D eigenvalue weighted by atomic mass is 9.77. The maximum Gasteiger partial charge on any atom is 0.416 e. The zero-order valence-corrected chi connectivity index (χ0v) is 20.8. The summed E-state index contributed by atoms with van der Waals surface area (Å²) in [4.78, 5) is 16.4. The fourth-order valence-corrected chi connectivity index (χ4v) is 4.54. The number of anilines is 1. The van der Waals surface area contributed by atoms with Crippen LogP contribution in [0.4, 0.5) is 36.8 Å². The van der Waals surface area contributed by atoms with Gasteiger partial charge in [-0.15, -0.1) is 0 Å². The summed E-state index contributed by atoms with van der Waals surface area (Å²) in [5.74, 6) is 0. The van der Waals surface area contributed by atoms with Gasteiger partial charge in [-0.3, -0.25) is 0 Å². The van der Waals surface area contributed by atoms with Crippen LogP contribution >= 0.6 is 0 Å². The topological polar surface area (TPSA) is 79.6 Å². The molecule has 0 heterocycles. The number of rotatable bonds is 6. The highest BCUT2D eigenvalue weighted by atomic mass is 19.4. The molecule has 3 rings (SSSR count). The zero-order chi connectivity index (χ0) is 28.3. The normalized spacial score (nSPS) is 20.2. The molecule has 38 heavy (non-hydrogen) atoms. The molecule has 1 aliphatic carbocycles. The second-order valence-electron chi connectivity index (χ2n) is 9.68. The van der Waals surface area contributed by atoms with E-state index in [1.54, 1.807) is 43.3 Å². The number of aliphatic hydroxyl groups is 1. The number of carbonyl (C=O) groups excluding carboxylic acids is 1. The van der Waals surface area contributed by atoms with Gasteiger partial charge in [0.1, 0.15) is 0 Å². The predicted octanol–water partition coefficient (Wildman–Crippen LogP) is 5.82. The Morgan fingerprint density at radius 2 is 1.61 bits per heavy atom. The number of nitriles is 1. The highest BCUT2D eigenvalue weighted by Crippen LogP contribution is 2.40. The molecule has 1 saturated carbocycles. The maximum absolute atomic E-state index is 13.3. The summed E-state index contributed by atoms with van der Waals surface area (Å²) in [7, 11) is 3.53. The number of likely N-dealkylation sites (N-methyl/N-ethyl adjacent to an activating group) is 1. The van der Waals surface area contributed by atoms with Gasteiger partial charge >= 0.3 is 18.4 Å². The molecule has 0 spiro atoms. The van der Waals surface area contributed by atoms with Crippen LogP contribution in [0.25, 0.3) is 0 Å². The molecule has 2 aromatic rings. The van der Waals surface area contributed by atoms with Crippen molar-refractivity contribution in [3.63, 3.8) is 0 Å². The summed E-state index contributed by atoms with van der Waals surface area (Å²) in [5, 5.41) is 22.6. The van der Waals surface area contributed by atoms with Gasteiger partial charge in [-0.25, -0.2) is 4.79 Å². The predicted molar refractivity (Wildman–Crippen MR) is 128 cm³/mol. The Hall–Kier alpha value is -3.30. The van der Waals surface area contributed by atoms with Gasteiger partial charge in [0, 0.05) is 24.8 Å². The van der Waals surface area contributed by atoms with Crippen LogP contribution < -0.4 is 5.32 Å². The van der Waals surface area contributed by atoms with Gasteiger partial charge in [0.05, 0.1) is 28.4 Å². The average Bonchev–Trinajstić information content (AvgIpc) is 2.84. The number of benzene rings is 2.